The number of piperidine rings is 1. The van der Waals surface area contributed by atoms with E-state index in [4.69, 9.17) is 0 Å². The summed E-state index contributed by atoms with van der Waals surface area (Å²) in [5.74, 6) is -1.06. The Balaban J connectivity index is 1.48. The van der Waals surface area contributed by atoms with Crippen LogP contribution in [0.25, 0.3) is 0 Å². The third kappa shape index (κ3) is 3.14. The number of alkyl halides is 3. The molecule has 0 aromatic heterocycles. The molecule has 0 radical (unpaired) electrons. The summed E-state index contributed by atoms with van der Waals surface area (Å²) in [5, 5.41) is 3.68. The zero-order chi connectivity index (χ0) is 14.2. The SMILES string of the molecule is FC(F)(F)C1CCC(NC2CCN3CCCCC23)CC1. The van der Waals surface area contributed by atoms with E-state index in [0.717, 1.165) is 0 Å². The first kappa shape index (κ1) is 14.6. The van der Waals surface area contributed by atoms with Gasteiger partial charge in [0.1, 0.15) is 0 Å². The molecule has 1 aliphatic carbocycles. The molecule has 2 nitrogen and oxygen atoms in total. The Kier molecular flexibility index (Phi) is 4.27. The number of rotatable bonds is 2. The summed E-state index contributed by atoms with van der Waals surface area (Å²) in [4.78, 5) is 2.57. The van der Waals surface area contributed by atoms with Crippen LogP contribution in [0.5, 0.6) is 0 Å². The summed E-state index contributed by atoms with van der Waals surface area (Å²) in [5.41, 5.74) is 0. The van der Waals surface area contributed by atoms with Crippen LogP contribution in [0, 0.1) is 5.92 Å². The molecule has 1 N–H and O–H groups in total. The zero-order valence-corrected chi connectivity index (χ0v) is 12.0. The predicted octanol–water partition coefficient (Wildman–Crippen LogP) is 3.32. The van der Waals surface area contributed by atoms with Gasteiger partial charge >= 0.3 is 6.18 Å². The lowest BCUT2D eigenvalue weighted by atomic mass is 9.85. The van der Waals surface area contributed by atoms with Crippen LogP contribution in [0.1, 0.15) is 51.4 Å². The van der Waals surface area contributed by atoms with E-state index in [0.29, 0.717) is 43.8 Å². The molecule has 5 heteroatoms. The Bertz CT molecular complexity index is 324. The van der Waals surface area contributed by atoms with Gasteiger partial charge in [-0.1, -0.05) is 6.42 Å². The molecule has 3 fully saturated rings. The highest BCUT2D eigenvalue weighted by molar-refractivity contribution is 4.96. The van der Waals surface area contributed by atoms with Gasteiger partial charge in [0.25, 0.3) is 0 Å². The van der Waals surface area contributed by atoms with Crippen molar-refractivity contribution in [3.05, 3.63) is 0 Å². The molecule has 2 saturated heterocycles. The lowest BCUT2D eigenvalue weighted by Crippen LogP contribution is -2.49. The van der Waals surface area contributed by atoms with E-state index in [1.54, 1.807) is 0 Å². The minimum Gasteiger partial charge on any atom is -0.310 e. The molecule has 1 saturated carbocycles. The second kappa shape index (κ2) is 5.84. The Hall–Kier alpha value is -0.290. The minimum atomic E-state index is -3.99. The van der Waals surface area contributed by atoms with Crippen LogP contribution in [0.3, 0.4) is 0 Å². The smallest absolute Gasteiger partial charge is 0.310 e. The molecule has 20 heavy (non-hydrogen) atoms. The summed E-state index contributed by atoms with van der Waals surface area (Å²) in [7, 11) is 0. The van der Waals surface area contributed by atoms with Gasteiger partial charge in [0.15, 0.2) is 0 Å². The van der Waals surface area contributed by atoms with Crippen molar-refractivity contribution in [3.8, 4) is 0 Å². The maximum Gasteiger partial charge on any atom is 0.391 e. The topological polar surface area (TPSA) is 15.3 Å². The average Bonchev–Trinajstić information content (AvgIpc) is 2.82. The standard InChI is InChI=1S/C15H25F3N2/c16-15(17,18)11-4-6-12(7-5-11)19-13-8-10-20-9-2-1-3-14(13)20/h11-14,19H,1-10H2. The fourth-order valence-corrected chi connectivity index (χ4v) is 4.33. The fraction of sp³-hybridized carbons (Fsp3) is 1.00. The average molecular weight is 290 g/mol. The molecule has 3 rings (SSSR count). The number of hydrogen-bond acceptors (Lipinski definition) is 2. The zero-order valence-electron chi connectivity index (χ0n) is 12.0. The number of nitrogens with one attached hydrogen (secondary N) is 1. The Morgan fingerprint density at radius 1 is 0.850 bits per heavy atom. The van der Waals surface area contributed by atoms with Crippen molar-refractivity contribution in [1.82, 2.24) is 10.2 Å². The predicted molar refractivity (Wildman–Crippen MR) is 72.6 cm³/mol. The monoisotopic (exact) mass is 290 g/mol. The van der Waals surface area contributed by atoms with E-state index in [2.05, 4.69) is 10.2 Å². The van der Waals surface area contributed by atoms with E-state index in [-0.39, 0.29) is 0 Å². The van der Waals surface area contributed by atoms with Crippen molar-refractivity contribution in [2.75, 3.05) is 13.1 Å². The van der Waals surface area contributed by atoms with E-state index in [1.807, 2.05) is 0 Å². The van der Waals surface area contributed by atoms with Crippen LogP contribution in [0.4, 0.5) is 13.2 Å². The van der Waals surface area contributed by atoms with Gasteiger partial charge in [-0.25, -0.2) is 0 Å². The summed E-state index contributed by atoms with van der Waals surface area (Å²) in [6.07, 6.45) is 3.04. The molecule has 0 amide bonds. The van der Waals surface area contributed by atoms with Gasteiger partial charge in [-0.3, -0.25) is 4.90 Å². The molecule has 2 atom stereocenters. The molecule has 3 aliphatic rings. The van der Waals surface area contributed by atoms with Gasteiger partial charge in [-0.05, 0) is 51.5 Å². The lowest BCUT2D eigenvalue weighted by Gasteiger charge is -2.36. The molecule has 0 aromatic carbocycles. The molecule has 0 bridgehead atoms. The molecule has 0 aromatic rings. The van der Waals surface area contributed by atoms with Gasteiger partial charge in [-0.15, -0.1) is 0 Å². The third-order valence-electron chi connectivity index (χ3n) is 5.50. The molecule has 116 valence electrons. The second-order valence-corrected chi connectivity index (χ2v) is 6.75. The third-order valence-corrected chi connectivity index (χ3v) is 5.50. The molecule has 2 heterocycles. The maximum absolute atomic E-state index is 12.7. The van der Waals surface area contributed by atoms with Gasteiger partial charge in [0, 0.05) is 24.7 Å². The normalized spacial score (nSPS) is 39.8. The van der Waals surface area contributed by atoms with Gasteiger partial charge < -0.3 is 5.32 Å². The van der Waals surface area contributed by atoms with E-state index < -0.39 is 12.1 Å². The Morgan fingerprint density at radius 2 is 1.60 bits per heavy atom. The van der Waals surface area contributed by atoms with Gasteiger partial charge in [0.05, 0.1) is 5.92 Å². The molecular formula is C15H25F3N2. The van der Waals surface area contributed by atoms with Crippen molar-refractivity contribution < 1.29 is 13.2 Å². The van der Waals surface area contributed by atoms with E-state index in [1.165, 1.54) is 38.8 Å². The van der Waals surface area contributed by atoms with Crippen LogP contribution in [-0.2, 0) is 0 Å². The highest BCUT2D eigenvalue weighted by Gasteiger charge is 2.42. The summed E-state index contributed by atoms with van der Waals surface area (Å²) < 4.78 is 38.0. The number of hydrogen-bond donors (Lipinski definition) is 1. The van der Waals surface area contributed by atoms with Crippen molar-refractivity contribution in [2.24, 2.45) is 5.92 Å². The van der Waals surface area contributed by atoms with Gasteiger partial charge in [0.2, 0.25) is 0 Å². The largest absolute Gasteiger partial charge is 0.391 e. The lowest BCUT2D eigenvalue weighted by molar-refractivity contribution is -0.182. The fourth-order valence-electron chi connectivity index (χ4n) is 4.33. The first-order valence-electron chi connectivity index (χ1n) is 8.11. The summed E-state index contributed by atoms with van der Waals surface area (Å²) in [6.45, 7) is 2.38. The first-order valence-corrected chi connectivity index (χ1v) is 8.11. The van der Waals surface area contributed by atoms with Crippen LogP contribution in [0.2, 0.25) is 0 Å². The van der Waals surface area contributed by atoms with E-state index in [9.17, 15) is 13.2 Å². The summed E-state index contributed by atoms with van der Waals surface area (Å²) >= 11 is 0. The summed E-state index contributed by atoms with van der Waals surface area (Å²) in [6, 6.07) is 1.47. The Morgan fingerprint density at radius 3 is 2.30 bits per heavy atom. The molecule has 2 unspecified atom stereocenters. The second-order valence-electron chi connectivity index (χ2n) is 6.75. The van der Waals surface area contributed by atoms with Crippen LogP contribution in [-0.4, -0.2) is 42.3 Å². The highest BCUT2D eigenvalue weighted by atomic mass is 19.4. The number of halogens is 3. The van der Waals surface area contributed by atoms with E-state index >= 15 is 0 Å². The van der Waals surface area contributed by atoms with Crippen LogP contribution < -0.4 is 5.32 Å². The number of nitrogens with zero attached hydrogens (tertiary/aromatic N) is 1. The molecule has 0 spiro atoms. The van der Waals surface area contributed by atoms with Crippen molar-refractivity contribution >= 4 is 0 Å². The molecule has 2 aliphatic heterocycles. The van der Waals surface area contributed by atoms with Crippen molar-refractivity contribution in [2.45, 2.75) is 75.7 Å². The highest BCUT2D eigenvalue weighted by Crippen LogP contribution is 2.38. The Labute approximate surface area is 119 Å². The van der Waals surface area contributed by atoms with Crippen LogP contribution in [0.15, 0.2) is 0 Å². The molecular weight excluding hydrogens is 265 g/mol. The van der Waals surface area contributed by atoms with Crippen molar-refractivity contribution in [3.63, 3.8) is 0 Å². The minimum absolute atomic E-state index is 0.306. The van der Waals surface area contributed by atoms with Crippen molar-refractivity contribution in [1.29, 1.82) is 0 Å². The van der Waals surface area contributed by atoms with Crippen LogP contribution >= 0.6 is 0 Å². The first-order chi connectivity index (χ1) is 9.54. The maximum atomic E-state index is 12.7. The van der Waals surface area contributed by atoms with Gasteiger partial charge in [-0.2, -0.15) is 13.2 Å². The quantitative estimate of drug-likeness (QED) is 0.839. The number of fused-ring (bicyclic) bond motifs is 1.